The van der Waals surface area contributed by atoms with Gasteiger partial charge in [-0.05, 0) is 41.8 Å². The Kier molecular flexibility index (Phi) is 4.74. The molecule has 5 nitrogen and oxygen atoms in total. The van der Waals surface area contributed by atoms with Crippen LogP contribution < -0.4 is 9.64 Å². The first-order chi connectivity index (χ1) is 12.7. The van der Waals surface area contributed by atoms with Gasteiger partial charge >= 0.3 is 0 Å². The second-order valence-corrected chi connectivity index (χ2v) is 7.19. The molecule has 2 atom stereocenters. The molecule has 1 saturated heterocycles. The number of methoxy groups -OCH3 is 1. The molecule has 2 N–H and O–H groups in total. The fraction of sp³-hybridized carbons (Fsp3) is 0.429. The molecule has 4 rings (SSSR count). The van der Waals surface area contributed by atoms with E-state index in [4.69, 9.17) is 4.74 Å². The average molecular weight is 354 g/mol. The Balaban J connectivity index is 1.45. The van der Waals surface area contributed by atoms with Crippen LogP contribution in [0.3, 0.4) is 0 Å². The van der Waals surface area contributed by atoms with Crippen molar-refractivity contribution in [3.8, 4) is 11.5 Å². The maximum atomic E-state index is 10.7. The molecule has 0 radical (unpaired) electrons. The van der Waals surface area contributed by atoms with Crippen molar-refractivity contribution >= 4 is 5.69 Å². The van der Waals surface area contributed by atoms with Crippen molar-refractivity contribution in [3.05, 3.63) is 53.6 Å². The van der Waals surface area contributed by atoms with Gasteiger partial charge in [0.15, 0.2) is 0 Å². The van der Waals surface area contributed by atoms with Gasteiger partial charge < -0.3 is 19.8 Å². The number of nitrogens with zero attached hydrogens (tertiary/aromatic N) is 2. The van der Waals surface area contributed by atoms with Gasteiger partial charge in [0.25, 0.3) is 0 Å². The summed E-state index contributed by atoms with van der Waals surface area (Å²) in [6.45, 7) is 3.65. The van der Waals surface area contributed by atoms with Crippen molar-refractivity contribution in [2.24, 2.45) is 0 Å². The van der Waals surface area contributed by atoms with E-state index in [1.807, 2.05) is 30.3 Å². The van der Waals surface area contributed by atoms with Crippen LogP contribution in [0.15, 0.2) is 42.5 Å². The van der Waals surface area contributed by atoms with Gasteiger partial charge in [-0.25, -0.2) is 0 Å². The Morgan fingerprint density at radius 2 is 1.73 bits per heavy atom. The zero-order valence-corrected chi connectivity index (χ0v) is 15.1. The first-order valence-corrected chi connectivity index (χ1v) is 9.26. The molecule has 26 heavy (non-hydrogen) atoms. The van der Waals surface area contributed by atoms with E-state index in [1.54, 1.807) is 13.2 Å². The summed E-state index contributed by atoms with van der Waals surface area (Å²) in [5.74, 6) is 1.21. The lowest BCUT2D eigenvalue weighted by Gasteiger charge is -2.43. The Hall–Kier alpha value is -2.24. The van der Waals surface area contributed by atoms with Crippen LogP contribution in [0, 0.1) is 0 Å². The second-order valence-electron chi connectivity index (χ2n) is 7.19. The van der Waals surface area contributed by atoms with Gasteiger partial charge in [-0.1, -0.05) is 18.2 Å². The molecule has 0 aromatic heterocycles. The van der Waals surface area contributed by atoms with Gasteiger partial charge in [-0.3, -0.25) is 4.90 Å². The minimum absolute atomic E-state index is 0.115. The molecule has 5 heteroatoms. The van der Waals surface area contributed by atoms with Gasteiger partial charge in [0.1, 0.15) is 11.5 Å². The van der Waals surface area contributed by atoms with Gasteiger partial charge in [0.2, 0.25) is 0 Å². The first kappa shape index (κ1) is 17.2. The van der Waals surface area contributed by atoms with E-state index >= 15 is 0 Å². The van der Waals surface area contributed by atoms with E-state index in [9.17, 15) is 10.2 Å². The molecule has 2 aromatic carbocycles. The number of aromatic hydroxyl groups is 1. The quantitative estimate of drug-likeness (QED) is 0.884. The number of hydrogen-bond donors (Lipinski definition) is 2. The van der Waals surface area contributed by atoms with Crippen molar-refractivity contribution < 1.29 is 14.9 Å². The largest absolute Gasteiger partial charge is 0.508 e. The van der Waals surface area contributed by atoms with Crippen LogP contribution in [0.2, 0.25) is 0 Å². The number of para-hydroxylation sites is 2. The summed E-state index contributed by atoms with van der Waals surface area (Å²) in [5.41, 5.74) is 3.45. The third kappa shape index (κ3) is 3.24. The Morgan fingerprint density at radius 3 is 2.50 bits per heavy atom. The van der Waals surface area contributed by atoms with Crippen molar-refractivity contribution in [2.75, 3.05) is 38.2 Å². The number of fused-ring (bicyclic) bond motifs is 1. The number of hydrogen-bond acceptors (Lipinski definition) is 5. The molecule has 2 aliphatic rings. The van der Waals surface area contributed by atoms with Crippen LogP contribution in [-0.4, -0.2) is 60.5 Å². The Bertz CT molecular complexity index is 772. The monoisotopic (exact) mass is 354 g/mol. The highest BCUT2D eigenvalue weighted by Crippen LogP contribution is 2.31. The van der Waals surface area contributed by atoms with E-state index in [0.29, 0.717) is 12.2 Å². The fourth-order valence-electron chi connectivity index (χ4n) is 4.28. The zero-order valence-electron chi connectivity index (χ0n) is 15.1. The maximum absolute atomic E-state index is 10.7. The number of aliphatic hydroxyl groups is 1. The topological polar surface area (TPSA) is 56.2 Å². The molecule has 0 amide bonds. The molecular weight excluding hydrogens is 328 g/mol. The standard InChI is InChI=1S/C21H26N2O3/c1-26-21-5-3-2-4-18(21)22-8-10-23(11-9-22)19-13-16-12-17(24)7-6-15(16)14-20(19)25/h2-7,12,19-20,24-25H,8-11,13-14H2,1H3/t19-,20-/m0/s1. The van der Waals surface area contributed by atoms with Crippen LogP contribution in [-0.2, 0) is 12.8 Å². The summed E-state index contributed by atoms with van der Waals surface area (Å²) in [4.78, 5) is 4.74. The lowest BCUT2D eigenvalue weighted by Crippen LogP contribution is -2.56. The Morgan fingerprint density at radius 1 is 0.962 bits per heavy atom. The lowest BCUT2D eigenvalue weighted by atomic mass is 9.85. The summed E-state index contributed by atoms with van der Waals surface area (Å²) in [5, 5.41) is 20.4. The molecule has 0 saturated carbocycles. The minimum Gasteiger partial charge on any atom is -0.508 e. The molecule has 1 fully saturated rings. The van der Waals surface area contributed by atoms with E-state index in [-0.39, 0.29) is 12.1 Å². The Labute approximate surface area is 154 Å². The van der Waals surface area contributed by atoms with E-state index in [1.165, 1.54) is 0 Å². The second kappa shape index (κ2) is 7.17. The number of rotatable bonds is 3. The molecule has 1 aliphatic heterocycles. The van der Waals surface area contributed by atoms with Crippen LogP contribution in [0.25, 0.3) is 0 Å². The average Bonchev–Trinajstić information content (AvgIpc) is 2.68. The highest BCUT2D eigenvalue weighted by atomic mass is 16.5. The number of ether oxygens (including phenoxy) is 1. The SMILES string of the molecule is COc1ccccc1N1CCN([C@H]2Cc3cc(O)ccc3C[C@@H]2O)CC1. The van der Waals surface area contributed by atoms with Crippen LogP contribution in [0.1, 0.15) is 11.1 Å². The maximum Gasteiger partial charge on any atom is 0.142 e. The summed E-state index contributed by atoms with van der Waals surface area (Å²) in [7, 11) is 1.71. The number of phenolic OH excluding ortho intramolecular Hbond substituents is 1. The minimum atomic E-state index is -0.357. The van der Waals surface area contributed by atoms with Gasteiger partial charge in [0.05, 0.1) is 18.9 Å². The predicted molar refractivity (Wildman–Crippen MR) is 102 cm³/mol. The third-order valence-electron chi connectivity index (χ3n) is 5.70. The molecule has 0 spiro atoms. The van der Waals surface area contributed by atoms with Crippen molar-refractivity contribution in [1.82, 2.24) is 4.90 Å². The smallest absolute Gasteiger partial charge is 0.142 e. The first-order valence-electron chi connectivity index (χ1n) is 9.26. The van der Waals surface area contributed by atoms with Crippen molar-refractivity contribution in [2.45, 2.75) is 25.0 Å². The van der Waals surface area contributed by atoms with E-state index in [2.05, 4.69) is 15.9 Å². The number of aliphatic hydroxyl groups excluding tert-OH is 1. The normalized spacial score (nSPS) is 23.5. The predicted octanol–water partition coefficient (Wildman–Crippen LogP) is 2.05. The number of piperazine rings is 1. The summed E-state index contributed by atoms with van der Waals surface area (Å²) in [6.07, 6.45) is 1.09. The van der Waals surface area contributed by atoms with Crippen molar-refractivity contribution in [1.29, 1.82) is 0 Å². The number of benzene rings is 2. The molecule has 1 aliphatic carbocycles. The highest BCUT2D eigenvalue weighted by Gasteiger charge is 2.33. The van der Waals surface area contributed by atoms with Gasteiger partial charge in [-0.2, -0.15) is 0 Å². The van der Waals surface area contributed by atoms with Crippen molar-refractivity contribution in [3.63, 3.8) is 0 Å². The summed E-state index contributed by atoms with van der Waals surface area (Å²) in [6, 6.07) is 13.7. The molecular formula is C21H26N2O3. The van der Waals surface area contributed by atoms with Gasteiger partial charge in [-0.15, -0.1) is 0 Å². The number of phenols is 1. The number of anilines is 1. The van der Waals surface area contributed by atoms with E-state index in [0.717, 1.165) is 55.2 Å². The molecule has 2 aromatic rings. The molecule has 0 unspecified atom stereocenters. The molecule has 0 bridgehead atoms. The molecule has 1 heterocycles. The van der Waals surface area contributed by atoms with Gasteiger partial charge in [0, 0.05) is 38.6 Å². The molecule has 138 valence electrons. The van der Waals surface area contributed by atoms with Crippen LogP contribution >= 0.6 is 0 Å². The van der Waals surface area contributed by atoms with Crippen LogP contribution in [0.5, 0.6) is 11.5 Å². The highest BCUT2D eigenvalue weighted by molar-refractivity contribution is 5.58. The van der Waals surface area contributed by atoms with E-state index < -0.39 is 0 Å². The summed E-state index contributed by atoms with van der Waals surface area (Å²) >= 11 is 0. The zero-order chi connectivity index (χ0) is 18.1. The van der Waals surface area contributed by atoms with Crippen LogP contribution in [0.4, 0.5) is 5.69 Å². The third-order valence-corrected chi connectivity index (χ3v) is 5.70. The lowest BCUT2D eigenvalue weighted by molar-refractivity contribution is 0.0394. The fourth-order valence-corrected chi connectivity index (χ4v) is 4.28. The summed E-state index contributed by atoms with van der Waals surface area (Å²) < 4.78 is 5.49.